The number of hydrogen-bond acceptors (Lipinski definition) is 2. The van der Waals surface area contributed by atoms with Gasteiger partial charge in [-0.05, 0) is 36.1 Å². The molecule has 0 heterocycles. The van der Waals surface area contributed by atoms with Crippen molar-refractivity contribution >= 4 is 16.7 Å². The summed E-state index contributed by atoms with van der Waals surface area (Å²) in [4.78, 5) is 13.0. The molecule has 2 heteroatoms. The second-order valence-corrected chi connectivity index (χ2v) is 8.05. The van der Waals surface area contributed by atoms with E-state index in [1.54, 1.807) is 0 Å². The van der Waals surface area contributed by atoms with Gasteiger partial charge in [0.25, 0.3) is 0 Å². The largest absolute Gasteiger partial charge is 0.425 e. The molecule has 0 aliphatic carbocycles. The molecule has 0 aliphatic rings. The quantitative estimate of drug-likeness (QED) is 0.523. The van der Waals surface area contributed by atoms with Gasteiger partial charge in [-0.3, -0.25) is 4.79 Å². The van der Waals surface area contributed by atoms with E-state index < -0.39 is 5.41 Å². The van der Waals surface area contributed by atoms with E-state index in [9.17, 15) is 4.79 Å². The lowest BCUT2D eigenvalue weighted by atomic mass is 9.64. The topological polar surface area (TPSA) is 26.3 Å². The summed E-state index contributed by atoms with van der Waals surface area (Å²) in [6.45, 7) is 12.7. The molecule has 0 bridgehead atoms. The smallest absolute Gasteiger partial charge is 0.317 e. The first kappa shape index (κ1) is 17.5. The maximum Gasteiger partial charge on any atom is 0.317 e. The van der Waals surface area contributed by atoms with Crippen LogP contribution in [0.4, 0.5) is 0 Å². The van der Waals surface area contributed by atoms with Crippen molar-refractivity contribution in [2.75, 3.05) is 0 Å². The van der Waals surface area contributed by atoms with Gasteiger partial charge in [0, 0.05) is 5.39 Å². The van der Waals surface area contributed by atoms with Gasteiger partial charge in [0.2, 0.25) is 0 Å². The van der Waals surface area contributed by atoms with E-state index in [0.717, 1.165) is 17.2 Å². The van der Waals surface area contributed by atoms with E-state index in [1.807, 2.05) is 49.4 Å². The van der Waals surface area contributed by atoms with E-state index in [4.69, 9.17) is 4.74 Å². The fraction of sp³-hybridized carbons (Fsp3) is 0.476. The summed E-state index contributed by atoms with van der Waals surface area (Å²) in [6.07, 6.45) is 0.806. The van der Waals surface area contributed by atoms with Crippen LogP contribution >= 0.6 is 0 Å². The molecule has 0 N–H and O–H groups in total. The van der Waals surface area contributed by atoms with Gasteiger partial charge in [0.05, 0.1) is 5.41 Å². The predicted octanol–water partition coefficient (Wildman–Crippen LogP) is 5.84. The predicted molar refractivity (Wildman–Crippen MR) is 96.6 cm³/mol. The Balaban J connectivity index is 2.38. The van der Waals surface area contributed by atoms with Gasteiger partial charge in [-0.2, -0.15) is 0 Å². The van der Waals surface area contributed by atoms with Gasteiger partial charge in [0.15, 0.2) is 0 Å². The van der Waals surface area contributed by atoms with Crippen molar-refractivity contribution in [1.82, 2.24) is 0 Å². The molecule has 0 saturated carbocycles. The molecule has 124 valence electrons. The molecule has 0 aromatic heterocycles. The molecule has 0 aliphatic heterocycles. The maximum absolute atomic E-state index is 13.0. The van der Waals surface area contributed by atoms with Gasteiger partial charge < -0.3 is 4.74 Å². The molecule has 2 nitrogen and oxygen atoms in total. The van der Waals surface area contributed by atoms with Crippen molar-refractivity contribution in [2.24, 2.45) is 16.7 Å². The third-order valence-electron chi connectivity index (χ3n) is 4.87. The molecule has 0 fully saturated rings. The minimum Gasteiger partial charge on any atom is -0.425 e. The van der Waals surface area contributed by atoms with Gasteiger partial charge in [-0.25, -0.2) is 0 Å². The number of benzene rings is 2. The Bertz CT molecular complexity index is 689. The Hall–Kier alpha value is -1.83. The Labute approximate surface area is 139 Å². The van der Waals surface area contributed by atoms with Crippen LogP contribution in [0.25, 0.3) is 10.8 Å². The Morgan fingerprint density at radius 2 is 1.61 bits per heavy atom. The maximum atomic E-state index is 13.0. The zero-order valence-corrected chi connectivity index (χ0v) is 15.1. The highest BCUT2D eigenvalue weighted by atomic mass is 16.5. The summed E-state index contributed by atoms with van der Waals surface area (Å²) in [7, 11) is 0. The fourth-order valence-corrected chi connectivity index (χ4v) is 3.01. The third kappa shape index (κ3) is 3.57. The highest BCUT2D eigenvalue weighted by Crippen LogP contribution is 2.45. The summed E-state index contributed by atoms with van der Waals surface area (Å²) < 4.78 is 5.88. The highest BCUT2D eigenvalue weighted by Gasteiger charge is 2.46. The van der Waals surface area contributed by atoms with Crippen LogP contribution in [0.2, 0.25) is 0 Å². The van der Waals surface area contributed by atoms with Gasteiger partial charge >= 0.3 is 5.97 Å². The van der Waals surface area contributed by atoms with Crippen LogP contribution < -0.4 is 4.74 Å². The molecule has 23 heavy (non-hydrogen) atoms. The van der Waals surface area contributed by atoms with Crippen molar-refractivity contribution < 1.29 is 9.53 Å². The molecule has 0 spiro atoms. The summed E-state index contributed by atoms with van der Waals surface area (Å²) in [5.41, 5.74) is -0.697. The highest BCUT2D eigenvalue weighted by molar-refractivity contribution is 5.91. The minimum atomic E-state index is -0.530. The number of rotatable bonds is 4. The second-order valence-electron chi connectivity index (χ2n) is 8.05. The molecule has 0 saturated heterocycles. The first-order valence-electron chi connectivity index (χ1n) is 8.35. The lowest BCUT2D eigenvalue weighted by molar-refractivity contribution is -0.153. The third-order valence-corrected chi connectivity index (χ3v) is 4.87. The first-order chi connectivity index (χ1) is 10.6. The summed E-state index contributed by atoms with van der Waals surface area (Å²) >= 11 is 0. The lowest BCUT2D eigenvalue weighted by Gasteiger charge is -2.40. The molecule has 1 unspecified atom stereocenters. The molecule has 0 radical (unpaired) electrons. The summed E-state index contributed by atoms with van der Waals surface area (Å²) in [5.74, 6) is 0.932. The molecule has 2 rings (SSSR count). The average Bonchev–Trinajstić information content (AvgIpc) is 2.45. The van der Waals surface area contributed by atoms with Crippen LogP contribution in [-0.2, 0) is 4.79 Å². The number of ether oxygens (including phenoxy) is 1. The molecular formula is C21H28O2. The van der Waals surface area contributed by atoms with Gasteiger partial charge in [0.1, 0.15) is 5.75 Å². The molecule has 1 atom stereocenters. The normalized spacial score (nSPS) is 14.7. The van der Waals surface area contributed by atoms with Crippen molar-refractivity contribution in [2.45, 2.75) is 48.0 Å². The van der Waals surface area contributed by atoms with Crippen LogP contribution in [0.3, 0.4) is 0 Å². The number of fused-ring (bicyclic) bond motifs is 1. The van der Waals surface area contributed by atoms with Gasteiger partial charge in [-0.15, -0.1) is 0 Å². The zero-order valence-electron chi connectivity index (χ0n) is 15.1. The lowest BCUT2D eigenvalue weighted by Crippen LogP contribution is -2.44. The van der Waals surface area contributed by atoms with Crippen molar-refractivity contribution in [3.63, 3.8) is 0 Å². The second kappa shape index (κ2) is 6.35. The summed E-state index contributed by atoms with van der Waals surface area (Å²) in [5, 5.41) is 2.06. The van der Waals surface area contributed by atoms with Crippen molar-refractivity contribution in [3.8, 4) is 5.75 Å². The average molecular weight is 312 g/mol. The van der Waals surface area contributed by atoms with Crippen LogP contribution in [0.15, 0.2) is 42.5 Å². The number of hydrogen-bond donors (Lipinski definition) is 0. The van der Waals surface area contributed by atoms with Crippen molar-refractivity contribution in [3.05, 3.63) is 42.5 Å². The van der Waals surface area contributed by atoms with Crippen LogP contribution in [-0.4, -0.2) is 5.97 Å². The molecule has 2 aromatic rings. The van der Waals surface area contributed by atoms with Crippen LogP contribution in [0.5, 0.6) is 5.75 Å². The van der Waals surface area contributed by atoms with E-state index in [2.05, 4.69) is 34.6 Å². The Morgan fingerprint density at radius 3 is 2.22 bits per heavy atom. The summed E-state index contributed by atoms with van der Waals surface area (Å²) in [6, 6.07) is 13.8. The Kier molecular flexibility index (Phi) is 4.84. The standard InChI is InChI=1S/C21H28O2/c1-15(2)14-21(6,20(3,4)5)19(22)23-18-13-9-11-16-10-7-8-12-17(16)18/h7-13,15H,14H2,1-6H3. The molecule has 0 amide bonds. The van der Waals surface area contributed by atoms with E-state index in [1.165, 1.54) is 0 Å². The number of carbonyl (C=O) groups is 1. The fourth-order valence-electron chi connectivity index (χ4n) is 3.01. The first-order valence-corrected chi connectivity index (χ1v) is 8.35. The van der Waals surface area contributed by atoms with Crippen LogP contribution in [0.1, 0.15) is 48.0 Å². The van der Waals surface area contributed by atoms with Crippen LogP contribution in [0, 0.1) is 16.7 Å². The number of carbonyl (C=O) groups excluding carboxylic acids is 1. The van der Waals surface area contributed by atoms with Gasteiger partial charge in [-0.1, -0.05) is 71.0 Å². The van der Waals surface area contributed by atoms with E-state index in [0.29, 0.717) is 11.7 Å². The SMILES string of the molecule is CC(C)CC(C)(C(=O)Oc1cccc2ccccc12)C(C)(C)C. The molecule has 2 aromatic carbocycles. The zero-order chi connectivity index (χ0) is 17.3. The van der Waals surface area contributed by atoms with E-state index in [-0.39, 0.29) is 11.4 Å². The monoisotopic (exact) mass is 312 g/mol. The number of esters is 1. The van der Waals surface area contributed by atoms with E-state index >= 15 is 0 Å². The minimum absolute atomic E-state index is 0.143. The Morgan fingerprint density at radius 1 is 1.00 bits per heavy atom. The van der Waals surface area contributed by atoms with Crippen molar-refractivity contribution in [1.29, 1.82) is 0 Å². The molecular weight excluding hydrogens is 284 g/mol.